The van der Waals surface area contributed by atoms with Crippen LogP contribution in [0.25, 0.3) is 11.1 Å². The lowest BCUT2D eigenvalue weighted by Crippen LogP contribution is -2.42. The van der Waals surface area contributed by atoms with Crippen molar-refractivity contribution in [1.82, 2.24) is 15.0 Å². The highest BCUT2D eigenvalue weighted by Crippen LogP contribution is 2.30. The Kier molecular flexibility index (Phi) is 8.13. The number of hydrogen-bond acceptors (Lipinski definition) is 5. The van der Waals surface area contributed by atoms with Crippen LogP contribution < -0.4 is 10.0 Å². The molecule has 0 fully saturated rings. The number of pyridine rings is 1. The molecule has 0 spiro atoms. The predicted molar refractivity (Wildman–Crippen MR) is 138 cm³/mol. The summed E-state index contributed by atoms with van der Waals surface area (Å²) in [5.74, 6) is -1.58. The van der Waals surface area contributed by atoms with Crippen LogP contribution in [0.3, 0.4) is 0 Å². The Labute approximate surface area is 219 Å². The molecule has 0 saturated carbocycles. The van der Waals surface area contributed by atoms with Crippen LogP contribution in [0.4, 0.5) is 13.6 Å². The normalized spacial score (nSPS) is 12.1. The number of urea groups is 1. The van der Waals surface area contributed by atoms with Crippen LogP contribution in [0.2, 0.25) is 0 Å². The molecule has 10 heteroatoms. The quantitative estimate of drug-likeness (QED) is 0.299. The second-order valence-corrected chi connectivity index (χ2v) is 10.3. The van der Waals surface area contributed by atoms with Crippen LogP contribution in [0.15, 0.2) is 90.0 Å². The SMILES string of the molecule is Cc1ccccc1S(=O)(=O)NC(=O)N[C@@H](Cc1cc(F)cc(F)c1)c1ncccc1-c1cccc(CO)c1. The van der Waals surface area contributed by atoms with Crippen molar-refractivity contribution >= 4 is 16.1 Å². The minimum absolute atomic E-state index is 0.0572. The van der Waals surface area contributed by atoms with E-state index in [2.05, 4.69) is 10.3 Å². The van der Waals surface area contributed by atoms with Gasteiger partial charge in [-0.25, -0.2) is 26.7 Å². The van der Waals surface area contributed by atoms with Crippen molar-refractivity contribution in [3.05, 3.63) is 119 Å². The molecule has 3 N–H and O–H groups in total. The first kappa shape index (κ1) is 26.9. The summed E-state index contributed by atoms with van der Waals surface area (Å²) in [5, 5.41) is 12.2. The summed E-state index contributed by atoms with van der Waals surface area (Å²) in [6, 6.07) is 17.7. The molecule has 0 aliphatic rings. The van der Waals surface area contributed by atoms with Crippen molar-refractivity contribution in [2.75, 3.05) is 0 Å². The number of aryl methyl sites for hydroxylation is 1. The molecule has 0 unspecified atom stereocenters. The molecular weight excluding hydrogens is 512 g/mol. The van der Waals surface area contributed by atoms with Crippen molar-refractivity contribution in [2.24, 2.45) is 0 Å². The van der Waals surface area contributed by atoms with Gasteiger partial charge in [-0.2, -0.15) is 0 Å². The number of benzene rings is 3. The lowest BCUT2D eigenvalue weighted by atomic mass is 9.95. The van der Waals surface area contributed by atoms with Crippen molar-refractivity contribution in [2.45, 2.75) is 30.9 Å². The molecule has 4 aromatic rings. The van der Waals surface area contributed by atoms with E-state index >= 15 is 0 Å². The highest BCUT2D eigenvalue weighted by molar-refractivity contribution is 7.90. The van der Waals surface area contributed by atoms with Gasteiger partial charge < -0.3 is 10.4 Å². The Balaban J connectivity index is 1.72. The first-order chi connectivity index (χ1) is 18.2. The molecule has 2 amide bonds. The maximum Gasteiger partial charge on any atom is 0.329 e. The van der Waals surface area contributed by atoms with E-state index in [1.165, 1.54) is 12.3 Å². The molecule has 38 heavy (non-hydrogen) atoms. The molecule has 0 radical (unpaired) electrons. The van der Waals surface area contributed by atoms with Gasteiger partial charge in [-0.05, 0) is 65.9 Å². The number of rotatable bonds is 8. The number of aromatic nitrogens is 1. The van der Waals surface area contributed by atoms with Crippen LogP contribution >= 0.6 is 0 Å². The van der Waals surface area contributed by atoms with Crippen molar-refractivity contribution in [1.29, 1.82) is 0 Å². The van der Waals surface area contributed by atoms with E-state index in [1.807, 2.05) is 4.72 Å². The Hall–Kier alpha value is -4.15. The van der Waals surface area contributed by atoms with Gasteiger partial charge >= 0.3 is 6.03 Å². The summed E-state index contributed by atoms with van der Waals surface area (Å²) in [7, 11) is -4.21. The summed E-state index contributed by atoms with van der Waals surface area (Å²) < 4.78 is 55.7. The Morgan fingerprint density at radius 3 is 2.39 bits per heavy atom. The first-order valence-corrected chi connectivity index (χ1v) is 13.1. The second kappa shape index (κ2) is 11.5. The molecule has 196 valence electrons. The third-order valence-corrected chi connectivity index (χ3v) is 7.36. The number of nitrogens with zero attached hydrogens (tertiary/aromatic N) is 1. The minimum Gasteiger partial charge on any atom is -0.392 e. The van der Waals surface area contributed by atoms with E-state index < -0.39 is 33.7 Å². The molecular formula is C28H25F2N3O4S. The monoisotopic (exact) mass is 537 g/mol. The van der Waals surface area contributed by atoms with Gasteiger partial charge in [-0.1, -0.05) is 42.5 Å². The van der Waals surface area contributed by atoms with E-state index in [-0.39, 0.29) is 23.5 Å². The fraction of sp³-hybridized carbons (Fsp3) is 0.143. The smallest absolute Gasteiger partial charge is 0.329 e. The topological polar surface area (TPSA) is 108 Å². The zero-order valence-electron chi connectivity index (χ0n) is 20.4. The average Bonchev–Trinajstić information content (AvgIpc) is 2.87. The first-order valence-electron chi connectivity index (χ1n) is 11.7. The number of amides is 2. The molecule has 1 atom stereocenters. The van der Waals surface area contributed by atoms with Crippen molar-refractivity contribution in [3.8, 4) is 11.1 Å². The third-order valence-electron chi connectivity index (χ3n) is 5.87. The van der Waals surface area contributed by atoms with Gasteiger partial charge in [0.15, 0.2) is 0 Å². The number of aliphatic hydroxyl groups excluding tert-OH is 1. The largest absolute Gasteiger partial charge is 0.392 e. The number of hydrogen-bond donors (Lipinski definition) is 3. The van der Waals surface area contributed by atoms with Gasteiger partial charge in [0, 0.05) is 17.8 Å². The molecule has 3 aromatic carbocycles. The van der Waals surface area contributed by atoms with Gasteiger partial charge in [0.2, 0.25) is 0 Å². The van der Waals surface area contributed by atoms with E-state index in [0.717, 1.165) is 18.2 Å². The predicted octanol–water partition coefficient (Wildman–Crippen LogP) is 4.80. The maximum atomic E-state index is 14.0. The summed E-state index contributed by atoms with van der Waals surface area (Å²) in [6.07, 6.45) is 1.41. The number of halogens is 2. The fourth-order valence-electron chi connectivity index (χ4n) is 4.18. The number of carbonyl (C=O) groups excluding carboxylic acids is 1. The van der Waals surface area contributed by atoms with E-state index in [4.69, 9.17) is 0 Å². The number of sulfonamides is 1. The minimum atomic E-state index is -4.21. The fourth-order valence-corrected chi connectivity index (χ4v) is 5.34. The summed E-state index contributed by atoms with van der Waals surface area (Å²) >= 11 is 0. The molecule has 1 aromatic heterocycles. The van der Waals surface area contributed by atoms with Crippen LogP contribution in [0, 0.1) is 18.6 Å². The van der Waals surface area contributed by atoms with Gasteiger partial charge in [0.05, 0.1) is 23.2 Å². The maximum absolute atomic E-state index is 14.0. The van der Waals surface area contributed by atoms with E-state index in [0.29, 0.717) is 27.9 Å². The van der Waals surface area contributed by atoms with Crippen molar-refractivity contribution in [3.63, 3.8) is 0 Å². The average molecular weight is 538 g/mol. The summed E-state index contributed by atoms with van der Waals surface area (Å²) in [5.41, 5.74) is 2.95. The third kappa shape index (κ3) is 6.39. The molecule has 0 aliphatic heterocycles. The van der Waals surface area contributed by atoms with E-state index in [9.17, 15) is 27.1 Å². The van der Waals surface area contributed by atoms with Crippen LogP contribution in [-0.2, 0) is 23.1 Å². The zero-order chi connectivity index (χ0) is 27.3. The highest BCUT2D eigenvalue weighted by Gasteiger charge is 2.25. The molecule has 1 heterocycles. The Bertz CT molecular complexity index is 1560. The van der Waals surface area contributed by atoms with Gasteiger partial charge in [0.25, 0.3) is 10.0 Å². The van der Waals surface area contributed by atoms with Crippen LogP contribution in [-0.4, -0.2) is 24.5 Å². The number of nitrogens with one attached hydrogen (secondary N) is 2. The standard InChI is InChI=1S/C28H25F2N3O4S/c1-18-6-2-3-10-26(18)38(36,37)33-28(35)32-25(15-20-13-22(29)16-23(30)14-20)27-24(9-5-11-31-27)21-8-4-7-19(12-21)17-34/h2-14,16,25,34H,15,17H2,1H3,(H2,32,33,35)/t25-/m0/s1. The molecule has 0 bridgehead atoms. The second-order valence-electron chi connectivity index (χ2n) is 8.67. The Morgan fingerprint density at radius 1 is 0.947 bits per heavy atom. The van der Waals surface area contributed by atoms with Crippen LogP contribution in [0.5, 0.6) is 0 Å². The van der Waals surface area contributed by atoms with Crippen LogP contribution in [0.1, 0.15) is 28.4 Å². The van der Waals surface area contributed by atoms with Gasteiger partial charge in [-0.3, -0.25) is 4.98 Å². The number of aliphatic hydroxyl groups is 1. The van der Waals surface area contributed by atoms with Gasteiger partial charge in [0.1, 0.15) is 11.6 Å². The molecule has 7 nitrogen and oxygen atoms in total. The molecule has 4 rings (SSSR count). The molecule has 0 aliphatic carbocycles. The zero-order valence-corrected chi connectivity index (χ0v) is 21.2. The highest BCUT2D eigenvalue weighted by atomic mass is 32.2. The van der Waals surface area contributed by atoms with E-state index in [1.54, 1.807) is 61.5 Å². The Morgan fingerprint density at radius 2 is 1.68 bits per heavy atom. The molecule has 0 saturated heterocycles. The summed E-state index contributed by atoms with van der Waals surface area (Å²) in [4.78, 5) is 17.4. The number of carbonyl (C=O) groups is 1. The lowest BCUT2D eigenvalue weighted by Gasteiger charge is -2.22. The lowest BCUT2D eigenvalue weighted by molar-refractivity contribution is 0.241. The summed E-state index contributed by atoms with van der Waals surface area (Å²) in [6.45, 7) is 1.42. The van der Waals surface area contributed by atoms with Gasteiger partial charge in [-0.15, -0.1) is 0 Å². The van der Waals surface area contributed by atoms with Crippen molar-refractivity contribution < 1.29 is 27.1 Å².